The predicted molar refractivity (Wildman–Crippen MR) is 22.5 cm³/mol. The van der Waals surface area contributed by atoms with Crippen LogP contribution in [-0.4, -0.2) is 18.4 Å². The molecule has 0 aromatic carbocycles. The lowest BCUT2D eigenvalue weighted by atomic mass is 10.3. The summed E-state index contributed by atoms with van der Waals surface area (Å²) in [4.78, 5) is 10.1. The fourth-order valence-electron chi connectivity index (χ4n) is 0.346. The third-order valence-electron chi connectivity index (χ3n) is 0.899. The molecule has 0 radical (unpaired) electrons. The summed E-state index contributed by atoms with van der Waals surface area (Å²) in [5, 5.41) is 2.88. The van der Waals surface area contributed by atoms with Gasteiger partial charge in [0.25, 0.3) is 0 Å². The molecule has 0 unspecified atom stereocenters. The topological polar surface area (TPSA) is 39.0 Å². The average molecular weight is 85.1 g/mol. The summed E-state index contributed by atoms with van der Waals surface area (Å²) in [7, 11) is 0. The number of rotatable bonds is 1. The van der Waals surface area contributed by atoms with Crippen molar-refractivity contribution in [3.05, 3.63) is 0 Å². The molecule has 1 rings (SSSR count). The molecule has 0 amide bonds. The average Bonchev–Trinajstić information content (AvgIpc) is 2.06. The van der Waals surface area contributed by atoms with Crippen LogP contribution in [0.3, 0.4) is 0 Å². The van der Waals surface area contributed by atoms with Crippen molar-refractivity contribution in [2.75, 3.05) is 6.54 Å². The van der Waals surface area contributed by atoms with Crippen LogP contribution < -0.4 is 5.32 Å². The Morgan fingerprint density at radius 1 is 2.00 bits per heavy atom. The van der Waals surface area contributed by atoms with E-state index < -0.39 is 0 Å². The number of hydrogen-bond donors (Lipinski definition) is 1. The van der Waals surface area contributed by atoms with Crippen LogP contribution in [0.25, 0.3) is 0 Å². The maximum absolute atomic E-state index is 10.1. The highest BCUT2D eigenvalue weighted by Gasteiger charge is 2.24. The molecule has 2 nitrogen and oxygen atoms in total. The summed E-state index contributed by atoms with van der Waals surface area (Å²) in [5.74, 6) is 0.259. The van der Waals surface area contributed by atoms with E-state index in [9.17, 15) is 4.79 Å². The minimum Gasteiger partial charge on any atom is -0.304 e. The predicted octanol–water partition coefficient (Wildman–Crippen LogP) is -0.453. The van der Waals surface area contributed by atoms with Gasteiger partial charge in [-0.15, -0.1) is 0 Å². The van der Waals surface area contributed by atoms with Crippen molar-refractivity contribution in [1.29, 1.82) is 0 Å². The molecule has 1 aliphatic rings. The van der Waals surface area contributed by atoms with Crippen LogP contribution in [-0.2, 0) is 4.79 Å². The van der Waals surface area contributed by atoms with E-state index in [-0.39, 0.29) is 11.8 Å². The van der Waals surface area contributed by atoms with Gasteiger partial charge >= 0.3 is 0 Å². The Balaban J connectivity index is 2.31. The van der Waals surface area contributed by atoms with E-state index in [0.717, 1.165) is 6.54 Å². The van der Waals surface area contributed by atoms with E-state index in [1.807, 2.05) is 0 Å². The lowest BCUT2D eigenvalue weighted by molar-refractivity contribution is -0.116. The van der Waals surface area contributed by atoms with Crippen LogP contribution in [0.5, 0.6) is 0 Å². The number of nitrogens with one attached hydrogen (secondary N) is 1. The normalized spacial score (nSPS) is 29.8. The summed E-state index contributed by atoms with van der Waals surface area (Å²) in [6.45, 7) is 2.50. The number of carbonyl (C=O) groups is 1. The summed E-state index contributed by atoms with van der Waals surface area (Å²) >= 11 is 0. The van der Waals surface area contributed by atoms with Gasteiger partial charge in [-0.3, -0.25) is 4.79 Å². The van der Waals surface area contributed by atoms with Crippen LogP contribution in [0.4, 0.5) is 0 Å². The van der Waals surface area contributed by atoms with Crippen molar-refractivity contribution in [3.8, 4) is 0 Å². The molecule has 34 valence electrons. The third-order valence-corrected chi connectivity index (χ3v) is 0.899. The molecule has 1 heterocycles. The fourth-order valence-corrected chi connectivity index (χ4v) is 0.346. The second kappa shape index (κ2) is 1.05. The molecule has 0 aliphatic carbocycles. The Morgan fingerprint density at radius 3 is 2.50 bits per heavy atom. The van der Waals surface area contributed by atoms with Gasteiger partial charge < -0.3 is 5.32 Å². The van der Waals surface area contributed by atoms with E-state index in [2.05, 4.69) is 5.32 Å². The molecular formula is C4H7NO. The summed E-state index contributed by atoms with van der Waals surface area (Å²) in [6, 6.07) is 0.213. The Morgan fingerprint density at radius 2 is 2.50 bits per heavy atom. The quantitative estimate of drug-likeness (QED) is 0.438. The Kier molecular flexibility index (Phi) is 0.665. The van der Waals surface area contributed by atoms with Gasteiger partial charge in [-0.05, 0) is 6.92 Å². The molecule has 0 aromatic rings. The lowest BCUT2D eigenvalue weighted by Crippen LogP contribution is -2.02. The molecule has 1 N–H and O–H groups in total. The number of hydrogen-bond acceptors (Lipinski definition) is 2. The molecule has 1 fully saturated rings. The third kappa shape index (κ3) is 0.571. The minimum atomic E-state index is 0.213. The highest BCUT2D eigenvalue weighted by atomic mass is 16.1. The number of ketones is 1. The molecule has 0 bridgehead atoms. The molecule has 0 aromatic heterocycles. The lowest BCUT2D eigenvalue weighted by Gasteiger charge is -1.74. The summed E-state index contributed by atoms with van der Waals surface area (Å²) < 4.78 is 0. The number of carbonyl (C=O) groups excluding carboxylic acids is 1. The van der Waals surface area contributed by atoms with Crippen LogP contribution in [0.2, 0.25) is 0 Å². The van der Waals surface area contributed by atoms with Crippen molar-refractivity contribution in [1.82, 2.24) is 5.32 Å². The minimum absolute atomic E-state index is 0.213. The van der Waals surface area contributed by atoms with Crippen molar-refractivity contribution in [3.63, 3.8) is 0 Å². The van der Waals surface area contributed by atoms with Gasteiger partial charge in [0.15, 0.2) is 0 Å². The van der Waals surface area contributed by atoms with Gasteiger partial charge in [0.05, 0.1) is 6.04 Å². The van der Waals surface area contributed by atoms with Crippen LogP contribution in [0, 0.1) is 0 Å². The zero-order valence-corrected chi connectivity index (χ0v) is 3.69. The molecule has 2 heteroatoms. The molecule has 1 aliphatic heterocycles. The molecule has 0 spiro atoms. The second-order valence-electron chi connectivity index (χ2n) is 1.57. The Bertz CT molecular complexity index is 75.6. The monoisotopic (exact) mass is 85.1 g/mol. The first-order chi connectivity index (χ1) is 2.80. The van der Waals surface area contributed by atoms with Crippen molar-refractivity contribution in [2.45, 2.75) is 13.0 Å². The Labute approximate surface area is 36.5 Å². The molecular weight excluding hydrogens is 78.0 g/mol. The van der Waals surface area contributed by atoms with Crippen LogP contribution in [0.1, 0.15) is 6.92 Å². The molecule has 1 saturated heterocycles. The largest absolute Gasteiger partial charge is 0.304 e. The van der Waals surface area contributed by atoms with Gasteiger partial charge in [0.1, 0.15) is 5.78 Å². The fraction of sp³-hybridized carbons (Fsp3) is 0.750. The summed E-state index contributed by atoms with van der Waals surface area (Å²) in [6.07, 6.45) is 0. The Hall–Kier alpha value is -0.370. The van der Waals surface area contributed by atoms with Gasteiger partial charge in [0, 0.05) is 6.54 Å². The van der Waals surface area contributed by atoms with E-state index in [0.29, 0.717) is 0 Å². The van der Waals surface area contributed by atoms with E-state index in [1.54, 1.807) is 6.92 Å². The van der Waals surface area contributed by atoms with Gasteiger partial charge in [-0.25, -0.2) is 0 Å². The smallest absolute Gasteiger partial charge is 0.147 e. The maximum Gasteiger partial charge on any atom is 0.147 e. The molecule has 1 atom stereocenters. The van der Waals surface area contributed by atoms with Crippen molar-refractivity contribution in [2.24, 2.45) is 0 Å². The van der Waals surface area contributed by atoms with Crippen molar-refractivity contribution >= 4 is 5.78 Å². The van der Waals surface area contributed by atoms with E-state index in [1.165, 1.54) is 0 Å². The highest BCUT2D eigenvalue weighted by Crippen LogP contribution is 1.95. The first-order valence-electron chi connectivity index (χ1n) is 2.04. The zero-order chi connectivity index (χ0) is 4.57. The summed E-state index contributed by atoms with van der Waals surface area (Å²) in [5.41, 5.74) is 0. The van der Waals surface area contributed by atoms with Crippen LogP contribution in [0.15, 0.2) is 0 Å². The van der Waals surface area contributed by atoms with Gasteiger partial charge in [-0.2, -0.15) is 0 Å². The first kappa shape index (κ1) is 3.81. The SMILES string of the molecule is CC(=O)[C@H]1CN1. The van der Waals surface area contributed by atoms with Crippen LogP contribution >= 0.6 is 0 Å². The van der Waals surface area contributed by atoms with Gasteiger partial charge in [0.2, 0.25) is 0 Å². The van der Waals surface area contributed by atoms with E-state index in [4.69, 9.17) is 0 Å². The van der Waals surface area contributed by atoms with E-state index >= 15 is 0 Å². The van der Waals surface area contributed by atoms with Gasteiger partial charge in [-0.1, -0.05) is 0 Å². The second-order valence-corrected chi connectivity index (χ2v) is 1.57. The standard InChI is InChI=1S/C4H7NO/c1-3(6)4-2-5-4/h4-5H,2H2,1H3/t4-/m1/s1. The zero-order valence-electron chi connectivity index (χ0n) is 3.69. The maximum atomic E-state index is 10.1. The number of Topliss-reactive ketones (excluding diaryl/α,β-unsaturated/α-hetero) is 1. The highest BCUT2D eigenvalue weighted by molar-refractivity contribution is 5.84. The molecule has 0 saturated carbocycles. The first-order valence-corrected chi connectivity index (χ1v) is 2.04. The van der Waals surface area contributed by atoms with Crippen molar-refractivity contribution < 1.29 is 4.79 Å². The molecule has 6 heavy (non-hydrogen) atoms.